The summed E-state index contributed by atoms with van der Waals surface area (Å²) in [6.45, 7) is -0.484. The van der Waals surface area contributed by atoms with Gasteiger partial charge in [-0.2, -0.15) is 0 Å². The second-order valence-electron chi connectivity index (χ2n) is 8.18. The van der Waals surface area contributed by atoms with E-state index in [0.717, 1.165) is 10.4 Å². The van der Waals surface area contributed by atoms with Gasteiger partial charge in [-0.25, -0.2) is 21.2 Å². The van der Waals surface area contributed by atoms with Gasteiger partial charge in [0.05, 0.1) is 21.2 Å². The number of rotatable bonds is 6. The van der Waals surface area contributed by atoms with Crippen LogP contribution in [0, 0.1) is 5.82 Å². The third-order valence-corrected chi connectivity index (χ3v) is 8.97. The maximum Gasteiger partial charge on any atom is 0.265 e. The van der Waals surface area contributed by atoms with Gasteiger partial charge in [0, 0.05) is 16.8 Å². The van der Waals surface area contributed by atoms with Crippen LogP contribution in [-0.2, 0) is 24.8 Å². The third kappa shape index (κ3) is 4.66. The van der Waals surface area contributed by atoms with Crippen molar-refractivity contribution in [3.63, 3.8) is 0 Å². The number of fused-ring (bicyclic) bond motifs is 3. The average Bonchev–Trinajstić information content (AvgIpc) is 2.88. The van der Waals surface area contributed by atoms with Crippen LogP contribution in [0.4, 0.5) is 21.5 Å². The van der Waals surface area contributed by atoms with Crippen molar-refractivity contribution in [2.24, 2.45) is 0 Å². The Bertz CT molecular complexity index is 1720. The molecule has 4 aromatic rings. The highest BCUT2D eigenvalue weighted by Crippen LogP contribution is 2.42. The van der Waals surface area contributed by atoms with Crippen molar-refractivity contribution in [2.75, 3.05) is 20.9 Å². The van der Waals surface area contributed by atoms with Gasteiger partial charge in [-0.15, -0.1) is 0 Å². The average molecular weight is 538 g/mol. The molecule has 1 heterocycles. The predicted molar refractivity (Wildman–Crippen MR) is 139 cm³/mol. The zero-order valence-electron chi connectivity index (χ0n) is 19.1. The molecule has 0 fully saturated rings. The van der Waals surface area contributed by atoms with Crippen LogP contribution in [0.2, 0.25) is 0 Å². The van der Waals surface area contributed by atoms with E-state index in [0.29, 0.717) is 16.8 Å². The van der Waals surface area contributed by atoms with E-state index in [-0.39, 0.29) is 21.2 Å². The summed E-state index contributed by atoms with van der Waals surface area (Å²) in [4.78, 5) is 12.8. The number of sulfonamides is 2. The first-order valence-corrected chi connectivity index (χ1v) is 14.0. The summed E-state index contributed by atoms with van der Waals surface area (Å²) in [5, 5.41) is 2.60. The van der Waals surface area contributed by atoms with Gasteiger partial charge in [-0.3, -0.25) is 13.8 Å². The monoisotopic (exact) mass is 537 g/mol. The molecule has 8 nitrogen and oxygen atoms in total. The van der Waals surface area contributed by atoms with Crippen molar-refractivity contribution >= 4 is 43.0 Å². The Hall–Kier alpha value is -4.22. The molecule has 0 saturated carbocycles. The molecule has 4 aromatic carbocycles. The highest BCUT2D eigenvalue weighted by molar-refractivity contribution is 7.93. The lowest BCUT2D eigenvalue weighted by Crippen LogP contribution is -2.40. The first-order chi connectivity index (χ1) is 17.7. The molecule has 1 amide bonds. The van der Waals surface area contributed by atoms with Crippen LogP contribution < -0.4 is 14.3 Å². The van der Waals surface area contributed by atoms with Gasteiger partial charge in [0.25, 0.3) is 20.0 Å². The molecule has 37 heavy (non-hydrogen) atoms. The summed E-state index contributed by atoms with van der Waals surface area (Å²) in [7, 11) is -8.06. The number of hydrogen-bond donors (Lipinski definition) is 2. The van der Waals surface area contributed by atoms with Crippen LogP contribution in [0.5, 0.6) is 0 Å². The Labute approximate surface area is 213 Å². The van der Waals surface area contributed by atoms with E-state index in [9.17, 15) is 26.0 Å². The largest absolute Gasteiger partial charge is 0.325 e. The number of anilines is 3. The summed E-state index contributed by atoms with van der Waals surface area (Å²) in [6.07, 6.45) is 0. The zero-order chi connectivity index (χ0) is 26.2. The van der Waals surface area contributed by atoms with Gasteiger partial charge in [-0.05, 0) is 48.5 Å². The van der Waals surface area contributed by atoms with E-state index in [1.54, 1.807) is 42.5 Å². The summed E-state index contributed by atoms with van der Waals surface area (Å²) < 4.78 is 68.9. The van der Waals surface area contributed by atoms with E-state index < -0.39 is 38.3 Å². The Morgan fingerprint density at radius 2 is 1.43 bits per heavy atom. The number of carbonyl (C=O) groups excluding carboxylic acids is 1. The first-order valence-electron chi connectivity index (χ1n) is 11.1. The van der Waals surface area contributed by atoms with Gasteiger partial charge >= 0.3 is 0 Å². The van der Waals surface area contributed by atoms with Gasteiger partial charge in [-0.1, -0.05) is 48.5 Å². The molecule has 1 aliphatic rings. The summed E-state index contributed by atoms with van der Waals surface area (Å²) in [6, 6.07) is 24.1. The molecule has 0 bridgehead atoms. The molecule has 0 spiro atoms. The molecule has 2 N–H and O–H groups in total. The number of amides is 1. The van der Waals surface area contributed by atoms with Crippen LogP contribution in [0.15, 0.2) is 107 Å². The molecule has 188 valence electrons. The lowest BCUT2D eigenvalue weighted by atomic mass is 10.0. The Morgan fingerprint density at radius 3 is 2.16 bits per heavy atom. The molecule has 5 rings (SSSR count). The summed E-state index contributed by atoms with van der Waals surface area (Å²) >= 11 is 0. The third-order valence-electron chi connectivity index (χ3n) is 5.77. The van der Waals surface area contributed by atoms with Crippen LogP contribution in [0.1, 0.15) is 0 Å². The van der Waals surface area contributed by atoms with Crippen LogP contribution >= 0.6 is 0 Å². The second-order valence-corrected chi connectivity index (χ2v) is 11.7. The Kier molecular flexibility index (Phi) is 6.18. The van der Waals surface area contributed by atoms with Crippen molar-refractivity contribution in [3.8, 4) is 11.1 Å². The Morgan fingerprint density at radius 1 is 0.811 bits per heavy atom. The van der Waals surface area contributed by atoms with Crippen molar-refractivity contribution in [3.05, 3.63) is 103 Å². The molecule has 1 aliphatic heterocycles. The molecule has 0 saturated heterocycles. The van der Waals surface area contributed by atoms with Crippen molar-refractivity contribution in [1.29, 1.82) is 0 Å². The molecular formula is C26H20FN3O5S2. The molecule has 0 atom stereocenters. The molecule has 11 heteroatoms. The van der Waals surface area contributed by atoms with Crippen LogP contribution in [-0.4, -0.2) is 29.3 Å². The highest BCUT2D eigenvalue weighted by atomic mass is 32.2. The van der Waals surface area contributed by atoms with Crippen molar-refractivity contribution < 1.29 is 26.0 Å². The SMILES string of the molecule is O=C(CN1c2ccccc2-c2ccccc2S1(=O)=O)Nc1ccc(S(=O)(=O)Nc2ccccc2F)cc1. The predicted octanol–water partition coefficient (Wildman–Crippen LogP) is 4.44. The van der Waals surface area contributed by atoms with E-state index >= 15 is 0 Å². The quantitative estimate of drug-likeness (QED) is 0.378. The van der Waals surface area contributed by atoms with E-state index in [1.807, 2.05) is 0 Å². The molecule has 0 aliphatic carbocycles. The number of hydrogen-bond acceptors (Lipinski definition) is 5. The van der Waals surface area contributed by atoms with Crippen molar-refractivity contribution in [2.45, 2.75) is 9.79 Å². The molecule has 0 unspecified atom stereocenters. The summed E-state index contributed by atoms with van der Waals surface area (Å²) in [5.41, 5.74) is 1.72. The van der Waals surface area contributed by atoms with Gasteiger partial charge in [0.15, 0.2) is 0 Å². The first kappa shape index (κ1) is 24.5. The minimum absolute atomic E-state index is 0.110. The van der Waals surface area contributed by atoms with Gasteiger partial charge < -0.3 is 5.32 Å². The zero-order valence-corrected chi connectivity index (χ0v) is 20.8. The number of halogens is 1. The van der Waals surface area contributed by atoms with E-state index in [1.165, 1.54) is 48.5 Å². The van der Waals surface area contributed by atoms with Gasteiger partial charge in [0.2, 0.25) is 5.91 Å². The van der Waals surface area contributed by atoms with Crippen molar-refractivity contribution in [1.82, 2.24) is 0 Å². The number of benzene rings is 4. The summed E-state index contributed by atoms with van der Waals surface area (Å²) in [5.74, 6) is -1.33. The maximum absolute atomic E-state index is 13.8. The molecule has 0 radical (unpaired) electrons. The fraction of sp³-hybridized carbons (Fsp3) is 0.0385. The number of nitrogens with one attached hydrogen (secondary N) is 2. The lowest BCUT2D eigenvalue weighted by Gasteiger charge is -2.31. The van der Waals surface area contributed by atoms with E-state index in [4.69, 9.17) is 0 Å². The highest BCUT2D eigenvalue weighted by Gasteiger charge is 2.35. The molecule has 0 aromatic heterocycles. The van der Waals surface area contributed by atoms with E-state index in [2.05, 4.69) is 10.0 Å². The Balaban J connectivity index is 1.34. The molecular weight excluding hydrogens is 517 g/mol. The number of nitrogens with zero attached hydrogens (tertiary/aromatic N) is 1. The van der Waals surface area contributed by atoms with Crippen LogP contribution in [0.3, 0.4) is 0 Å². The minimum Gasteiger partial charge on any atom is -0.325 e. The smallest absolute Gasteiger partial charge is 0.265 e. The lowest BCUT2D eigenvalue weighted by molar-refractivity contribution is -0.114. The minimum atomic E-state index is -4.07. The second kappa shape index (κ2) is 9.34. The fourth-order valence-electron chi connectivity index (χ4n) is 4.05. The standard InChI is InChI=1S/C26H20FN3O5S2/c27-22-9-3-4-10-23(22)29-36(32,33)19-15-13-18(14-16-19)28-26(31)17-30-24-11-5-1-7-20(24)21-8-2-6-12-25(21)37(30,34)35/h1-16,29H,17H2,(H,28,31). The number of para-hydroxylation sites is 2. The van der Waals surface area contributed by atoms with Gasteiger partial charge in [0.1, 0.15) is 12.4 Å². The normalized spacial score (nSPS) is 13.8. The maximum atomic E-state index is 13.8. The topological polar surface area (TPSA) is 113 Å². The number of carbonyl (C=O) groups is 1. The van der Waals surface area contributed by atoms with Crippen LogP contribution in [0.25, 0.3) is 11.1 Å². The fourth-order valence-corrected chi connectivity index (χ4v) is 6.76.